The number of hydrogen-bond donors (Lipinski definition) is 0. The van der Waals surface area contributed by atoms with Crippen molar-refractivity contribution in [3.05, 3.63) is 0 Å². The predicted octanol–water partition coefficient (Wildman–Crippen LogP) is -4.15. The fourth-order valence-corrected chi connectivity index (χ4v) is 0.510. The highest BCUT2D eigenvalue weighted by molar-refractivity contribution is 4.43. The van der Waals surface area contributed by atoms with Crippen LogP contribution in [0, 0.1) is 0 Å². The fourth-order valence-electron chi connectivity index (χ4n) is 0.510. The van der Waals surface area contributed by atoms with E-state index in [1.54, 1.807) is 0 Å². The topological polar surface area (TPSA) is 198 Å². The first-order chi connectivity index (χ1) is 2.50. The van der Waals surface area contributed by atoms with Crippen molar-refractivity contribution < 1.29 is 37.6 Å². The van der Waals surface area contributed by atoms with Gasteiger partial charge in [0.2, 0.25) is 0 Å². The minimum absolute atomic E-state index is 0. The Morgan fingerprint density at radius 3 is 0.909 bits per heavy atom. The van der Waals surface area contributed by atoms with Crippen LogP contribution >= 0.6 is 0 Å². The molecule has 1 rings (SSSR count). The van der Waals surface area contributed by atoms with E-state index < -0.39 is 0 Å². The molecule has 1 aliphatic heterocycles. The fraction of sp³-hybridized carbons (Fsp3) is 1.00. The summed E-state index contributed by atoms with van der Waals surface area (Å²) in [6.07, 6.45) is 2.56. The van der Waals surface area contributed by atoms with Gasteiger partial charge < -0.3 is 37.6 Å². The van der Waals surface area contributed by atoms with Crippen molar-refractivity contribution in [2.75, 3.05) is 13.2 Å². The lowest BCUT2D eigenvalue weighted by Gasteiger charge is -1.76. The molecule has 0 aromatic rings. The van der Waals surface area contributed by atoms with Crippen LogP contribution in [0.4, 0.5) is 0 Å². The highest BCUT2D eigenvalue weighted by Crippen LogP contribution is 1.98. The van der Waals surface area contributed by atoms with Gasteiger partial charge in [-0.2, -0.15) is 0 Å². The molecule has 0 spiro atoms. The quantitative estimate of drug-likeness (QED) is 0.358. The molecular formula is C4H20O7. The predicted molar refractivity (Wildman–Crippen MR) is 41.7 cm³/mol. The molecule has 0 aliphatic carbocycles. The average Bonchev–Trinajstić information content (AvgIpc) is 1.76. The number of hydrogen-bond acceptors (Lipinski definition) is 1. The Labute approximate surface area is 64.8 Å². The Hall–Kier alpha value is -0.280. The van der Waals surface area contributed by atoms with Gasteiger partial charge in [-0.15, -0.1) is 0 Å². The molecule has 1 aliphatic rings. The zero-order valence-electron chi connectivity index (χ0n) is 6.24. The molecule has 12 N–H and O–H groups in total. The van der Waals surface area contributed by atoms with Crippen LogP contribution in [-0.4, -0.2) is 46.1 Å². The first kappa shape index (κ1) is 45.5. The molecule has 0 radical (unpaired) electrons. The maximum atomic E-state index is 4.94. The number of ether oxygens (including phenoxy) is 1. The molecule has 0 aromatic heterocycles. The lowest BCUT2D eigenvalue weighted by Crippen LogP contribution is -1.74. The van der Waals surface area contributed by atoms with E-state index in [2.05, 4.69) is 0 Å². The third-order valence-electron chi connectivity index (χ3n) is 0.827. The second kappa shape index (κ2) is 33.2. The van der Waals surface area contributed by atoms with E-state index in [0.29, 0.717) is 0 Å². The van der Waals surface area contributed by atoms with Crippen LogP contribution in [0.2, 0.25) is 0 Å². The van der Waals surface area contributed by atoms with Crippen LogP contribution in [0.5, 0.6) is 0 Å². The molecule has 0 saturated carbocycles. The summed E-state index contributed by atoms with van der Waals surface area (Å²) in [6.45, 7) is 2.00. The molecule has 1 heterocycles. The molecule has 7 heteroatoms. The van der Waals surface area contributed by atoms with Gasteiger partial charge >= 0.3 is 0 Å². The van der Waals surface area contributed by atoms with Crippen molar-refractivity contribution in [1.29, 1.82) is 0 Å². The third-order valence-corrected chi connectivity index (χ3v) is 0.827. The Morgan fingerprint density at radius 2 is 0.818 bits per heavy atom. The number of rotatable bonds is 0. The van der Waals surface area contributed by atoms with Crippen molar-refractivity contribution in [3.8, 4) is 0 Å². The molecule has 1 saturated heterocycles. The van der Waals surface area contributed by atoms with Gasteiger partial charge in [-0.05, 0) is 12.8 Å². The molecule has 0 unspecified atom stereocenters. The van der Waals surface area contributed by atoms with E-state index in [9.17, 15) is 0 Å². The minimum atomic E-state index is 0. The summed E-state index contributed by atoms with van der Waals surface area (Å²) in [5, 5.41) is 0. The molecule has 0 atom stereocenters. The van der Waals surface area contributed by atoms with E-state index in [-0.39, 0.29) is 32.9 Å². The van der Waals surface area contributed by atoms with E-state index in [1.165, 1.54) is 12.8 Å². The molecular weight excluding hydrogens is 160 g/mol. The maximum absolute atomic E-state index is 4.94. The van der Waals surface area contributed by atoms with Gasteiger partial charge in [0.05, 0.1) is 0 Å². The Bertz CT molecular complexity index is 22.0. The Balaban J connectivity index is -0.0000000104. The van der Waals surface area contributed by atoms with E-state index in [1.807, 2.05) is 0 Å². The van der Waals surface area contributed by atoms with E-state index in [0.717, 1.165) is 13.2 Å². The lowest BCUT2D eigenvalue weighted by atomic mass is 10.4. The van der Waals surface area contributed by atoms with Gasteiger partial charge in [0.1, 0.15) is 0 Å². The molecule has 7 nitrogen and oxygen atoms in total. The summed E-state index contributed by atoms with van der Waals surface area (Å²) < 4.78 is 4.94. The van der Waals surface area contributed by atoms with Crippen molar-refractivity contribution in [3.63, 3.8) is 0 Å². The first-order valence-electron chi connectivity index (χ1n) is 2.08. The van der Waals surface area contributed by atoms with Crippen molar-refractivity contribution in [1.82, 2.24) is 0 Å². The molecule has 78 valence electrons. The summed E-state index contributed by atoms with van der Waals surface area (Å²) >= 11 is 0. The standard InChI is InChI=1S/C4H8O.6H2O/c1-2-4-5-3-1;;;;;;/h1-4H2;6*1H2. The van der Waals surface area contributed by atoms with Gasteiger partial charge in [-0.1, -0.05) is 0 Å². The first-order valence-corrected chi connectivity index (χ1v) is 2.08. The summed E-state index contributed by atoms with van der Waals surface area (Å²) in [7, 11) is 0. The van der Waals surface area contributed by atoms with E-state index >= 15 is 0 Å². The summed E-state index contributed by atoms with van der Waals surface area (Å²) in [5.74, 6) is 0. The van der Waals surface area contributed by atoms with Crippen LogP contribution in [0.3, 0.4) is 0 Å². The van der Waals surface area contributed by atoms with Crippen molar-refractivity contribution >= 4 is 0 Å². The largest absolute Gasteiger partial charge is 0.412 e. The van der Waals surface area contributed by atoms with Gasteiger partial charge in [0.15, 0.2) is 0 Å². The van der Waals surface area contributed by atoms with Crippen LogP contribution in [0.1, 0.15) is 12.8 Å². The van der Waals surface area contributed by atoms with Crippen LogP contribution in [-0.2, 0) is 4.74 Å². The third kappa shape index (κ3) is 26.0. The van der Waals surface area contributed by atoms with Crippen LogP contribution < -0.4 is 0 Å². The zero-order valence-corrected chi connectivity index (χ0v) is 6.24. The monoisotopic (exact) mass is 180 g/mol. The van der Waals surface area contributed by atoms with Crippen molar-refractivity contribution in [2.45, 2.75) is 12.8 Å². The maximum Gasteiger partial charge on any atom is 0.0466 e. The Morgan fingerprint density at radius 1 is 0.545 bits per heavy atom. The van der Waals surface area contributed by atoms with Gasteiger partial charge in [0, 0.05) is 13.2 Å². The molecule has 0 amide bonds. The molecule has 0 aromatic carbocycles. The van der Waals surface area contributed by atoms with Crippen LogP contribution in [0.15, 0.2) is 0 Å². The van der Waals surface area contributed by atoms with Gasteiger partial charge in [-0.25, -0.2) is 0 Å². The van der Waals surface area contributed by atoms with Crippen LogP contribution in [0.25, 0.3) is 0 Å². The SMILES string of the molecule is C1CCOC1.O.O.O.O.O.O. The Kier molecular flexibility index (Phi) is 137. The smallest absolute Gasteiger partial charge is 0.0466 e. The summed E-state index contributed by atoms with van der Waals surface area (Å²) in [4.78, 5) is 0. The summed E-state index contributed by atoms with van der Waals surface area (Å²) in [5.41, 5.74) is 0. The lowest BCUT2D eigenvalue weighted by molar-refractivity contribution is 0.198. The highest BCUT2D eigenvalue weighted by Gasteiger charge is 1.94. The zero-order chi connectivity index (χ0) is 3.54. The van der Waals surface area contributed by atoms with Gasteiger partial charge in [-0.3, -0.25) is 0 Å². The second-order valence-corrected chi connectivity index (χ2v) is 1.32. The normalized spacial score (nSPS) is 10.9. The van der Waals surface area contributed by atoms with Gasteiger partial charge in [0.25, 0.3) is 0 Å². The van der Waals surface area contributed by atoms with Crippen molar-refractivity contribution in [2.24, 2.45) is 0 Å². The molecule has 0 bridgehead atoms. The van der Waals surface area contributed by atoms with E-state index in [4.69, 9.17) is 4.74 Å². The molecule has 11 heavy (non-hydrogen) atoms. The summed E-state index contributed by atoms with van der Waals surface area (Å²) in [6, 6.07) is 0. The highest BCUT2D eigenvalue weighted by atomic mass is 16.5. The second-order valence-electron chi connectivity index (χ2n) is 1.32. The molecule has 1 fully saturated rings. The average molecular weight is 180 g/mol. The minimum Gasteiger partial charge on any atom is -0.412 e.